The Balaban J connectivity index is 1.02. The first kappa shape index (κ1) is 20.1. The minimum Gasteiger partial charge on any atom is -0.355 e. The number of pyridine rings is 1. The van der Waals surface area contributed by atoms with Crippen LogP contribution in [-0.4, -0.2) is 73.7 Å². The van der Waals surface area contributed by atoms with Gasteiger partial charge in [-0.15, -0.1) is 11.3 Å². The molecule has 5 rings (SSSR count). The molecule has 1 spiro atoms. The van der Waals surface area contributed by atoms with Crippen LogP contribution in [0.2, 0.25) is 0 Å². The predicted octanol–water partition coefficient (Wildman–Crippen LogP) is 3.64. The van der Waals surface area contributed by atoms with E-state index in [0.717, 1.165) is 31.8 Å². The molecule has 0 atom stereocenters. The second kappa shape index (κ2) is 8.00. The highest BCUT2D eigenvalue weighted by atomic mass is 32.1. The van der Waals surface area contributed by atoms with Crippen LogP contribution in [0.25, 0.3) is 10.1 Å². The largest absolute Gasteiger partial charge is 0.355 e. The predicted molar refractivity (Wildman–Crippen MR) is 123 cm³/mol. The van der Waals surface area contributed by atoms with Gasteiger partial charge in [0.1, 0.15) is 5.82 Å². The molecule has 7 heteroatoms. The number of rotatable bonds is 5. The maximum Gasteiger partial charge on any atom is 0.317 e. The number of anilines is 1. The highest BCUT2D eigenvalue weighted by Gasteiger charge is 2.52. The zero-order chi connectivity index (χ0) is 20.7. The molecule has 2 aliphatic heterocycles. The van der Waals surface area contributed by atoms with Crippen molar-refractivity contribution < 1.29 is 4.79 Å². The Hall–Kier alpha value is -1.86. The van der Waals surface area contributed by atoms with E-state index in [2.05, 4.69) is 37.6 Å². The third kappa shape index (κ3) is 3.89. The van der Waals surface area contributed by atoms with E-state index in [0.29, 0.717) is 11.5 Å². The monoisotopic (exact) mass is 427 g/mol. The lowest BCUT2D eigenvalue weighted by Gasteiger charge is -2.61. The van der Waals surface area contributed by atoms with Gasteiger partial charge in [0.25, 0.3) is 0 Å². The quantitative estimate of drug-likeness (QED) is 0.792. The number of urea groups is 1. The van der Waals surface area contributed by atoms with Crippen molar-refractivity contribution >= 4 is 33.3 Å². The van der Waals surface area contributed by atoms with Crippen LogP contribution in [0.3, 0.4) is 0 Å². The van der Waals surface area contributed by atoms with Crippen LogP contribution in [0.5, 0.6) is 0 Å². The smallest absolute Gasteiger partial charge is 0.317 e. The highest BCUT2D eigenvalue weighted by molar-refractivity contribution is 7.17. The second-order valence-electron chi connectivity index (χ2n) is 9.88. The molecule has 0 unspecified atom stereocenters. The first-order valence-electron chi connectivity index (χ1n) is 11.3. The molecule has 0 bridgehead atoms. The van der Waals surface area contributed by atoms with Gasteiger partial charge in [-0.05, 0) is 62.1 Å². The summed E-state index contributed by atoms with van der Waals surface area (Å²) in [5.41, 5.74) is 0.508. The number of amides is 2. The number of aromatic nitrogens is 1. The average molecular weight is 428 g/mol. The van der Waals surface area contributed by atoms with Gasteiger partial charge in [-0.2, -0.15) is 0 Å². The fraction of sp³-hybridized carbons (Fsp3) is 0.652. The maximum absolute atomic E-state index is 11.8. The average Bonchev–Trinajstić information content (AvgIpc) is 3.16. The zero-order valence-electron chi connectivity index (χ0n) is 18.1. The van der Waals surface area contributed by atoms with Crippen LogP contribution >= 0.6 is 11.3 Å². The fourth-order valence-electron chi connectivity index (χ4n) is 5.57. The molecule has 0 radical (unpaired) electrons. The van der Waals surface area contributed by atoms with Gasteiger partial charge in [0.15, 0.2) is 0 Å². The van der Waals surface area contributed by atoms with Gasteiger partial charge >= 0.3 is 6.03 Å². The van der Waals surface area contributed by atoms with Gasteiger partial charge in [-0.3, -0.25) is 0 Å². The molecule has 2 aromatic rings. The molecule has 162 valence electrons. The Morgan fingerprint density at radius 1 is 1.20 bits per heavy atom. The molecule has 3 fully saturated rings. The first-order chi connectivity index (χ1) is 14.5. The van der Waals surface area contributed by atoms with E-state index >= 15 is 0 Å². The molecule has 1 N–H and O–H groups in total. The van der Waals surface area contributed by atoms with E-state index in [1.54, 1.807) is 30.3 Å². The van der Waals surface area contributed by atoms with Gasteiger partial charge in [0.2, 0.25) is 0 Å². The minimum absolute atomic E-state index is 0.0457. The molecule has 1 aliphatic carbocycles. The van der Waals surface area contributed by atoms with Gasteiger partial charge in [0.05, 0.1) is 0 Å². The molecule has 30 heavy (non-hydrogen) atoms. The van der Waals surface area contributed by atoms with E-state index in [-0.39, 0.29) is 6.03 Å². The van der Waals surface area contributed by atoms with Crippen molar-refractivity contribution in [2.75, 3.05) is 51.7 Å². The fourth-order valence-corrected chi connectivity index (χ4v) is 6.35. The Kier molecular flexibility index (Phi) is 5.35. The van der Waals surface area contributed by atoms with E-state index in [4.69, 9.17) is 0 Å². The Morgan fingerprint density at radius 2 is 1.97 bits per heavy atom. The van der Waals surface area contributed by atoms with Gasteiger partial charge in [0, 0.05) is 68.0 Å². The maximum atomic E-state index is 11.8. The molecule has 0 aromatic carbocycles. The number of nitrogens with one attached hydrogen (secondary N) is 1. The van der Waals surface area contributed by atoms with Crippen molar-refractivity contribution in [1.82, 2.24) is 20.1 Å². The van der Waals surface area contributed by atoms with Crippen LogP contribution in [0.1, 0.15) is 32.1 Å². The number of hydrogen-bond donors (Lipinski definition) is 1. The molecule has 2 amide bonds. The minimum atomic E-state index is 0.0457. The van der Waals surface area contributed by atoms with E-state index in [9.17, 15) is 4.79 Å². The normalized spacial score (nSPS) is 25.7. The van der Waals surface area contributed by atoms with Crippen LogP contribution in [0.4, 0.5) is 10.6 Å². The molecular weight excluding hydrogens is 394 g/mol. The molecule has 6 nitrogen and oxygen atoms in total. The summed E-state index contributed by atoms with van der Waals surface area (Å²) in [6, 6.07) is 4.74. The third-order valence-electron chi connectivity index (χ3n) is 7.26. The number of fused-ring (bicyclic) bond motifs is 1. The number of nitrogens with zero attached hydrogens (tertiary/aromatic N) is 4. The van der Waals surface area contributed by atoms with Crippen molar-refractivity contribution in [2.45, 2.75) is 38.1 Å². The van der Waals surface area contributed by atoms with Crippen molar-refractivity contribution in [1.29, 1.82) is 0 Å². The van der Waals surface area contributed by atoms with E-state index < -0.39 is 0 Å². The summed E-state index contributed by atoms with van der Waals surface area (Å²) < 4.78 is 1.34. The molecular formula is C23H33N5OS. The molecule has 1 saturated carbocycles. The Bertz CT molecular complexity index is 890. The third-order valence-corrected chi connectivity index (χ3v) is 8.15. The molecule has 2 aromatic heterocycles. The summed E-state index contributed by atoms with van der Waals surface area (Å²) in [5.74, 6) is 2.00. The zero-order valence-corrected chi connectivity index (χ0v) is 19.0. The highest BCUT2D eigenvalue weighted by Crippen LogP contribution is 2.43. The van der Waals surface area contributed by atoms with Gasteiger partial charge < -0.3 is 20.0 Å². The summed E-state index contributed by atoms with van der Waals surface area (Å²) >= 11 is 1.80. The number of likely N-dealkylation sites (tertiary alicyclic amines) is 1. The number of carbonyl (C=O) groups is 1. The number of carbonyl (C=O) groups excluding carboxylic acids is 1. The van der Waals surface area contributed by atoms with Crippen molar-refractivity contribution in [3.05, 3.63) is 23.7 Å². The molecule has 3 aliphatic rings. The Labute approximate surface area is 183 Å². The summed E-state index contributed by atoms with van der Waals surface area (Å²) in [6.45, 7) is 6.04. The standard InChI is InChI=1S/C23H33N5OS/c1-26(2)22(29)25-18-5-3-17(4-6-18)8-11-27-13-23(14-27)15-28(16-23)21-19-9-12-30-20(19)7-10-24-21/h7,9-10,12,17-18H,3-6,8,11,13-16H2,1-2H3,(H,25,29)/t17-,18-. The number of thiophene rings is 1. The van der Waals surface area contributed by atoms with Gasteiger partial charge in [-0.25, -0.2) is 9.78 Å². The lowest BCUT2D eigenvalue weighted by atomic mass is 9.72. The van der Waals surface area contributed by atoms with Crippen molar-refractivity contribution in [3.8, 4) is 0 Å². The SMILES string of the molecule is CN(C)C(=O)N[C@H]1CC[C@H](CCN2CC3(C2)CN(c2nccc4sccc24)C3)CC1. The first-order valence-corrected chi connectivity index (χ1v) is 12.2. The summed E-state index contributed by atoms with van der Waals surface area (Å²) in [5, 5.41) is 6.62. The van der Waals surface area contributed by atoms with Crippen molar-refractivity contribution in [2.24, 2.45) is 11.3 Å². The van der Waals surface area contributed by atoms with Crippen LogP contribution in [0.15, 0.2) is 23.7 Å². The summed E-state index contributed by atoms with van der Waals surface area (Å²) in [4.78, 5) is 23.2. The summed E-state index contributed by atoms with van der Waals surface area (Å²) in [6.07, 6.45) is 8.02. The van der Waals surface area contributed by atoms with Crippen LogP contribution < -0.4 is 10.2 Å². The lowest BCUT2D eigenvalue weighted by Crippen LogP contribution is -2.72. The Morgan fingerprint density at radius 3 is 2.70 bits per heavy atom. The summed E-state index contributed by atoms with van der Waals surface area (Å²) in [7, 11) is 3.61. The molecule has 2 saturated heterocycles. The lowest BCUT2D eigenvalue weighted by molar-refractivity contribution is -0.0255. The van der Waals surface area contributed by atoms with Crippen LogP contribution in [0, 0.1) is 11.3 Å². The van der Waals surface area contributed by atoms with E-state index in [1.165, 1.54) is 54.8 Å². The van der Waals surface area contributed by atoms with Gasteiger partial charge in [-0.1, -0.05) is 0 Å². The topological polar surface area (TPSA) is 51.7 Å². The number of hydrogen-bond acceptors (Lipinski definition) is 5. The van der Waals surface area contributed by atoms with E-state index in [1.807, 2.05) is 6.20 Å². The second-order valence-corrected chi connectivity index (χ2v) is 10.8. The molecule has 4 heterocycles. The van der Waals surface area contributed by atoms with Crippen LogP contribution in [-0.2, 0) is 0 Å². The van der Waals surface area contributed by atoms with Crippen molar-refractivity contribution in [3.63, 3.8) is 0 Å².